The van der Waals surface area contributed by atoms with Gasteiger partial charge in [0, 0.05) is 19.1 Å². The Hall–Kier alpha value is -0.0800. The van der Waals surface area contributed by atoms with Gasteiger partial charge in [0.15, 0.2) is 0 Å². The average Bonchev–Trinajstić information content (AvgIpc) is 2.17. The maximum Gasteiger partial charge on any atom is 0.0398 e. The first-order valence-corrected chi connectivity index (χ1v) is 2.47. The van der Waals surface area contributed by atoms with Gasteiger partial charge in [-0.05, 0) is 6.42 Å². The zero-order valence-corrected chi connectivity index (χ0v) is 3.65. The maximum atomic E-state index is 3.23. The van der Waals surface area contributed by atoms with E-state index in [2.05, 4.69) is 10.4 Å². The number of fused-ring (bicyclic) bond motifs is 1. The van der Waals surface area contributed by atoms with E-state index < -0.39 is 0 Å². The molecule has 0 radical (unpaired) electrons. The first kappa shape index (κ1) is 2.99. The lowest BCUT2D eigenvalue weighted by Crippen LogP contribution is -2.14. The molecule has 2 aliphatic rings. The van der Waals surface area contributed by atoms with Crippen LogP contribution in [0.5, 0.6) is 0 Å². The van der Waals surface area contributed by atoms with Crippen molar-refractivity contribution >= 4 is 0 Å². The number of rotatable bonds is 0. The summed E-state index contributed by atoms with van der Waals surface area (Å²) in [5.74, 6) is 0. The molecule has 34 valence electrons. The fourth-order valence-electron chi connectivity index (χ4n) is 0.995. The third kappa shape index (κ3) is 0.235. The van der Waals surface area contributed by atoms with Crippen molar-refractivity contribution in [1.29, 1.82) is 0 Å². The van der Waals surface area contributed by atoms with Gasteiger partial charge in [-0.1, -0.05) is 0 Å². The van der Waals surface area contributed by atoms with Gasteiger partial charge in [0.05, 0.1) is 0 Å². The van der Waals surface area contributed by atoms with Crippen LogP contribution >= 0.6 is 0 Å². The van der Waals surface area contributed by atoms with Crippen molar-refractivity contribution in [2.75, 3.05) is 13.1 Å². The molecule has 2 heteroatoms. The number of hydrogen-bond donors (Lipinski definition) is 1. The molecule has 0 aromatic carbocycles. The molecule has 2 rings (SSSR count). The van der Waals surface area contributed by atoms with E-state index >= 15 is 0 Å². The number of hydrogen-bond acceptors (Lipinski definition) is 2. The first-order valence-electron chi connectivity index (χ1n) is 2.47. The molecule has 0 spiro atoms. The first-order chi connectivity index (χ1) is 2.97. The molecule has 0 aromatic heterocycles. The van der Waals surface area contributed by atoms with Gasteiger partial charge in [0.1, 0.15) is 0 Å². The van der Waals surface area contributed by atoms with E-state index in [0.717, 1.165) is 6.04 Å². The van der Waals surface area contributed by atoms with E-state index in [4.69, 9.17) is 0 Å². The van der Waals surface area contributed by atoms with E-state index in [0.29, 0.717) is 0 Å². The van der Waals surface area contributed by atoms with Crippen LogP contribution in [0, 0.1) is 0 Å². The highest BCUT2D eigenvalue weighted by molar-refractivity contribution is 4.91. The Morgan fingerprint density at radius 1 is 1.67 bits per heavy atom. The molecular weight excluding hydrogens is 76.1 g/mol. The zero-order valence-electron chi connectivity index (χ0n) is 3.65. The van der Waals surface area contributed by atoms with Crippen LogP contribution in [0.4, 0.5) is 0 Å². The van der Waals surface area contributed by atoms with Crippen LogP contribution in [0.25, 0.3) is 0 Å². The van der Waals surface area contributed by atoms with Gasteiger partial charge in [-0.2, -0.15) is 0 Å². The molecule has 0 aliphatic carbocycles. The van der Waals surface area contributed by atoms with Crippen LogP contribution in [0.15, 0.2) is 0 Å². The van der Waals surface area contributed by atoms with Crippen LogP contribution in [-0.4, -0.2) is 24.1 Å². The summed E-state index contributed by atoms with van der Waals surface area (Å²) in [5, 5.41) is 2.28. The second-order valence-corrected chi connectivity index (χ2v) is 2.00. The highest BCUT2D eigenvalue weighted by atomic mass is 15.6. The number of nitrogens with one attached hydrogen (secondary N) is 1. The molecule has 2 aliphatic heterocycles. The van der Waals surface area contributed by atoms with Crippen molar-refractivity contribution in [3.63, 3.8) is 0 Å². The van der Waals surface area contributed by atoms with E-state index in [1.807, 2.05) is 0 Å². The Balaban J connectivity index is 2.09. The number of nitrogens with zero attached hydrogens (tertiary/aromatic N) is 1. The second-order valence-electron chi connectivity index (χ2n) is 2.00. The topological polar surface area (TPSA) is 15.0 Å². The van der Waals surface area contributed by atoms with Gasteiger partial charge in [-0.3, -0.25) is 5.43 Å². The predicted molar refractivity (Wildman–Crippen MR) is 23.1 cm³/mol. The van der Waals surface area contributed by atoms with Crippen LogP contribution < -0.4 is 5.43 Å². The average molecular weight is 84.1 g/mol. The fourth-order valence-corrected chi connectivity index (χ4v) is 0.995. The molecule has 2 fully saturated rings. The van der Waals surface area contributed by atoms with Gasteiger partial charge in [-0.25, -0.2) is 5.01 Å². The summed E-state index contributed by atoms with van der Waals surface area (Å²) in [7, 11) is 0. The van der Waals surface area contributed by atoms with Gasteiger partial charge in [-0.15, -0.1) is 0 Å². The summed E-state index contributed by atoms with van der Waals surface area (Å²) < 4.78 is 0. The summed E-state index contributed by atoms with van der Waals surface area (Å²) in [6, 6.07) is 0.935. The predicted octanol–water partition coefficient (Wildman–Crippen LogP) is -0.421. The smallest absolute Gasteiger partial charge is 0.0398 e. The normalized spacial score (nSPS) is 52.0. The summed E-state index contributed by atoms with van der Waals surface area (Å²) in [4.78, 5) is 0. The molecule has 6 heavy (non-hydrogen) atoms. The molecule has 0 saturated carbocycles. The largest absolute Gasteiger partial charge is 0.255 e. The van der Waals surface area contributed by atoms with Crippen molar-refractivity contribution < 1.29 is 0 Å². The number of hydrazine groups is 1. The van der Waals surface area contributed by atoms with Crippen LogP contribution in [-0.2, 0) is 0 Å². The summed E-state index contributed by atoms with van der Waals surface area (Å²) in [6.45, 7) is 2.52. The van der Waals surface area contributed by atoms with E-state index in [1.165, 1.54) is 19.5 Å². The van der Waals surface area contributed by atoms with Crippen LogP contribution in [0.2, 0.25) is 0 Å². The summed E-state index contributed by atoms with van der Waals surface area (Å²) >= 11 is 0. The third-order valence-corrected chi connectivity index (χ3v) is 1.51. The standard InChI is InChI=1S/C4H8N2/c1-2-5-6-3-4(1)6/h4-5H,1-3H2. The molecule has 2 atom stereocenters. The minimum Gasteiger partial charge on any atom is -0.255 e. The molecule has 2 saturated heterocycles. The lowest BCUT2D eigenvalue weighted by molar-refractivity contribution is 0.453. The Kier molecular flexibility index (Phi) is 0.383. The second kappa shape index (κ2) is 0.768. The molecule has 1 N–H and O–H groups in total. The van der Waals surface area contributed by atoms with E-state index in [-0.39, 0.29) is 0 Å². The minimum absolute atomic E-state index is 0.935. The van der Waals surface area contributed by atoms with E-state index in [1.54, 1.807) is 0 Å². The third-order valence-electron chi connectivity index (χ3n) is 1.51. The Morgan fingerprint density at radius 3 is 2.83 bits per heavy atom. The summed E-state index contributed by atoms with van der Waals surface area (Å²) in [6.07, 6.45) is 1.38. The highest BCUT2D eigenvalue weighted by Crippen LogP contribution is 2.21. The summed E-state index contributed by atoms with van der Waals surface area (Å²) in [5.41, 5.74) is 3.23. The van der Waals surface area contributed by atoms with Crippen molar-refractivity contribution in [3.8, 4) is 0 Å². The SMILES string of the molecule is C1CC2CN2N1. The van der Waals surface area contributed by atoms with E-state index in [9.17, 15) is 0 Å². The van der Waals surface area contributed by atoms with Crippen molar-refractivity contribution in [3.05, 3.63) is 0 Å². The Bertz CT molecular complexity index is 63.9. The van der Waals surface area contributed by atoms with Crippen molar-refractivity contribution in [2.45, 2.75) is 12.5 Å². The maximum absolute atomic E-state index is 3.23. The van der Waals surface area contributed by atoms with Gasteiger partial charge in [0.2, 0.25) is 0 Å². The zero-order chi connectivity index (χ0) is 3.98. The molecule has 0 bridgehead atoms. The molecule has 2 nitrogen and oxygen atoms in total. The Morgan fingerprint density at radius 2 is 2.67 bits per heavy atom. The van der Waals surface area contributed by atoms with Gasteiger partial charge < -0.3 is 0 Å². The lowest BCUT2D eigenvalue weighted by atomic mass is 10.3. The van der Waals surface area contributed by atoms with Crippen molar-refractivity contribution in [1.82, 2.24) is 10.4 Å². The minimum atomic E-state index is 0.935. The lowest BCUT2D eigenvalue weighted by Gasteiger charge is -1.88. The highest BCUT2D eigenvalue weighted by Gasteiger charge is 2.37. The molecule has 0 aromatic rings. The monoisotopic (exact) mass is 84.1 g/mol. The van der Waals surface area contributed by atoms with Gasteiger partial charge >= 0.3 is 0 Å². The molecule has 0 amide bonds. The van der Waals surface area contributed by atoms with Crippen LogP contribution in [0.3, 0.4) is 0 Å². The fraction of sp³-hybridized carbons (Fsp3) is 1.00. The van der Waals surface area contributed by atoms with Crippen LogP contribution in [0.1, 0.15) is 6.42 Å². The molecule has 2 unspecified atom stereocenters. The molecular formula is C4H8N2. The van der Waals surface area contributed by atoms with Crippen molar-refractivity contribution in [2.24, 2.45) is 0 Å². The van der Waals surface area contributed by atoms with Gasteiger partial charge in [0.25, 0.3) is 0 Å². The Labute approximate surface area is 37.1 Å². The quantitative estimate of drug-likeness (QED) is 0.401. The molecule has 2 heterocycles.